The van der Waals surface area contributed by atoms with Gasteiger partial charge in [0.15, 0.2) is 5.65 Å². The van der Waals surface area contributed by atoms with Gasteiger partial charge in [0.2, 0.25) is 0 Å². The number of fused-ring (bicyclic) bond motifs is 2. The monoisotopic (exact) mass is 529 g/mol. The lowest BCUT2D eigenvalue weighted by Gasteiger charge is -2.26. The number of carbonyl (C=O) groups is 1. The topological polar surface area (TPSA) is 115 Å². The van der Waals surface area contributed by atoms with Crippen LogP contribution in [0.4, 0.5) is 0 Å². The van der Waals surface area contributed by atoms with Crippen molar-refractivity contribution in [3.05, 3.63) is 41.7 Å². The fourth-order valence-electron chi connectivity index (χ4n) is 4.28. The Bertz CT molecular complexity index is 1270. The van der Waals surface area contributed by atoms with E-state index in [-0.39, 0.29) is 18.0 Å². The highest BCUT2D eigenvalue weighted by Gasteiger charge is 2.23. The number of nitrogens with one attached hydrogen (secondary N) is 2. The molecule has 0 atom stereocenters. The number of carbonyl (C=O) groups excluding carboxylic acids is 1. The van der Waals surface area contributed by atoms with Gasteiger partial charge in [-0.3, -0.25) is 9.48 Å². The standard InChI is InChI=1S/C22H24IN7O/c1-30-18-8-12(9-23)2-7-15(18)19(29-30)17-11-26-21-20(28-17)16(10-25-21)22(31)27-14-5-3-13(24)4-6-14/h2,7-8,10-11,13-14H,3-6,9,24H2,1H3,(H,25,26)(H,27,31)/t13-,14-. The minimum atomic E-state index is -0.129. The highest BCUT2D eigenvalue weighted by atomic mass is 127. The molecule has 0 bridgehead atoms. The molecule has 0 aliphatic heterocycles. The van der Waals surface area contributed by atoms with Crippen LogP contribution in [0, 0.1) is 0 Å². The minimum Gasteiger partial charge on any atom is -0.349 e. The van der Waals surface area contributed by atoms with E-state index in [4.69, 9.17) is 15.8 Å². The second-order valence-corrected chi connectivity index (χ2v) is 8.96. The molecular formula is C22H24IN7O. The molecular weight excluding hydrogens is 505 g/mol. The van der Waals surface area contributed by atoms with Crippen LogP contribution in [0.3, 0.4) is 0 Å². The van der Waals surface area contributed by atoms with Crippen LogP contribution in [-0.4, -0.2) is 42.7 Å². The summed E-state index contributed by atoms with van der Waals surface area (Å²) in [7, 11) is 1.93. The van der Waals surface area contributed by atoms with Crippen molar-refractivity contribution in [3.8, 4) is 11.4 Å². The van der Waals surface area contributed by atoms with Crippen LogP contribution in [0.25, 0.3) is 33.5 Å². The SMILES string of the molecule is Cn1nc(-c2cnc3[nH]cc(C(=O)N[C@H]4CC[C@H](N)CC4)c3n2)c2ccc(CI)cc21. The fourth-order valence-corrected chi connectivity index (χ4v) is 4.75. The quantitative estimate of drug-likeness (QED) is 0.277. The molecule has 1 aliphatic rings. The maximum Gasteiger partial charge on any atom is 0.255 e. The normalized spacial score (nSPS) is 19.2. The van der Waals surface area contributed by atoms with Gasteiger partial charge in [0, 0.05) is 35.1 Å². The van der Waals surface area contributed by atoms with Crippen molar-refractivity contribution >= 4 is 50.6 Å². The van der Waals surface area contributed by atoms with Crippen LogP contribution < -0.4 is 11.1 Å². The van der Waals surface area contributed by atoms with E-state index in [1.165, 1.54) is 5.56 Å². The Kier molecular flexibility index (Phi) is 5.39. The van der Waals surface area contributed by atoms with Crippen molar-refractivity contribution in [2.75, 3.05) is 0 Å². The molecule has 0 radical (unpaired) electrons. The largest absolute Gasteiger partial charge is 0.349 e. The number of hydrogen-bond donors (Lipinski definition) is 3. The molecule has 3 aromatic heterocycles. The molecule has 1 aliphatic carbocycles. The summed E-state index contributed by atoms with van der Waals surface area (Å²) in [5, 5.41) is 8.85. The van der Waals surface area contributed by atoms with Gasteiger partial charge in [-0.25, -0.2) is 9.97 Å². The summed E-state index contributed by atoms with van der Waals surface area (Å²) < 4.78 is 2.81. The molecule has 8 nitrogen and oxygen atoms in total. The highest BCUT2D eigenvalue weighted by Crippen LogP contribution is 2.29. The van der Waals surface area contributed by atoms with Crippen LogP contribution in [-0.2, 0) is 11.5 Å². The van der Waals surface area contributed by atoms with Crippen molar-refractivity contribution in [2.24, 2.45) is 12.8 Å². The maximum atomic E-state index is 13.0. The van der Waals surface area contributed by atoms with Crippen LogP contribution in [0.1, 0.15) is 41.6 Å². The Morgan fingerprint density at radius 2 is 2.13 bits per heavy atom. The third-order valence-corrected chi connectivity index (χ3v) is 6.93. The van der Waals surface area contributed by atoms with Gasteiger partial charge in [-0.15, -0.1) is 0 Å². The number of aromatic nitrogens is 5. The summed E-state index contributed by atoms with van der Waals surface area (Å²) in [5.41, 5.74) is 11.4. The molecule has 0 saturated heterocycles. The molecule has 4 N–H and O–H groups in total. The molecule has 4 aromatic rings. The van der Waals surface area contributed by atoms with Gasteiger partial charge in [0.05, 0.1) is 17.3 Å². The first-order valence-corrected chi connectivity index (χ1v) is 12.0. The van der Waals surface area contributed by atoms with E-state index in [0.29, 0.717) is 22.4 Å². The van der Waals surface area contributed by atoms with Gasteiger partial charge in [-0.1, -0.05) is 34.7 Å². The molecule has 1 amide bonds. The molecule has 3 heterocycles. The van der Waals surface area contributed by atoms with E-state index in [1.807, 2.05) is 11.7 Å². The number of H-pyrrole nitrogens is 1. The summed E-state index contributed by atoms with van der Waals surface area (Å²) >= 11 is 2.36. The molecule has 1 saturated carbocycles. The van der Waals surface area contributed by atoms with Crippen LogP contribution in [0.2, 0.25) is 0 Å². The number of nitrogens with two attached hydrogens (primary N) is 1. The molecule has 1 aromatic carbocycles. The molecule has 9 heteroatoms. The number of amides is 1. The molecule has 5 rings (SSSR count). The Labute approximate surface area is 193 Å². The number of aromatic amines is 1. The van der Waals surface area contributed by atoms with Crippen LogP contribution in [0.5, 0.6) is 0 Å². The first-order valence-electron chi connectivity index (χ1n) is 10.5. The average molecular weight is 529 g/mol. The second-order valence-electron chi connectivity index (χ2n) is 8.20. The lowest BCUT2D eigenvalue weighted by atomic mass is 9.92. The molecule has 0 unspecified atom stereocenters. The summed E-state index contributed by atoms with van der Waals surface area (Å²) in [6, 6.07) is 6.74. The smallest absolute Gasteiger partial charge is 0.255 e. The Morgan fingerprint density at radius 3 is 2.90 bits per heavy atom. The highest BCUT2D eigenvalue weighted by molar-refractivity contribution is 14.1. The lowest BCUT2D eigenvalue weighted by Crippen LogP contribution is -2.40. The molecule has 1 fully saturated rings. The van der Waals surface area contributed by atoms with E-state index in [0.717, 1.165) is 46.7 Å². The predicted molar refractivity (Wildman–Crippen MR) is 129 cm³/mol. The summed E-state index contributed by atoms with van der Waals surface area (Å²) in [6.07, 6.45) is 7.08. The number of rotatable bonds is 4. The molecule has 31 heavy (non-hydrogen) atoms. The van der Waals surface area contributed by atoms with E-state index in [9.17, 15) is 4.79 Å². The number of nitrogens with zero attached hydrogens (tertiary/aromatic N) is 4. The number of halogens is 1. The average Bonchev–Trinajstić information content (AvgIpc) is 3.35. The predicted octanol–water partition coefficient (Wildman–Crippen LogP) is 3.45. The first kappa shape index (κ1) is 20.4. The van der Waals surface area contributed by atoms with Crippen LogP contribution in [0.15, 0.2) is 30.6 Å². The third-order valence-electron chi connectivity index (χ3n) is 6.05. The van der Waals surface area contributed by atoms with E-state index in [1.54, 1.807) is 12.4 Å². The van der Waals surface area contributed by atoms with Gasteiger partial charge in [-0.2, -0.15) is 5.10 Å². The van der Waals surface area contributed by atoms with E-state index in [2.05, 4.69) is 56.1 Å². The summed E-state index contributed by atoms with van der Waals surface area (Å²) in [6.45, 7) is 0. The molecule has 160 valence electrons. The number of hydrogen-bond acceptors (Lipinski definition) is 5. The van der Waals surface area contributed by atoms with Gasteiger partial charge in [-0.05, 0) is 37.3 Å². The van der Waals surface area contributed by atoms with Crippen LogP contribution >= 0.6 is 22.6 Å². The van der Waals surface area contributed by atoms with Crippen molar-refractivity contribution in [2.45, 2.75) is 42.2 Å². The maximum absolute atomic E-state index is 13.0. The zero-order valence-electron chi connectivity index (χ0n) is 17.2. The van der Waals surface area contributed by atoms with E-state index < -0.39 is 0 Å². The van der Waals surface area contributed by atoms with Crippen molar-refractivity contribution in [3.63, 3.8) is 0 Å². The second kappa shape index (κ2) is 8.19. The van der Waals surface area contributed by atoms with Crippen molar-refractivity contribution in [1.82, 2.24) is 30.0 Å². The first-order chi connectivity index (χ1) is 15.0. The van der Waals surface area contributed by atoms with Gasteiger partial charge >= 0.3 is 0 Å². The van der Waals surface area contributed by atoms with Gasteiger partial charge in [0.1, 0.15) is 16.9 Å². The Morgan fingerprint density at radius 1 is 1.32 bits per heavy atom. The van der Waals surface area contributed by atoms with Crippen molar-refractivity contribution in [1.29, 1.82) is 0 Å². The Balaban J connectivity index is 1.49. The number of alkyl halides is 1. The summed E-state index contributed by atoms with van der Waals surface area (Å²) in [5.74, 6) is -0.129. The number of benzene rings is 1. The van der Waals surface area contributed by atoms with Gasteiger partial charge in [0.25, 0.3) is 5.91 Å². The minimum absolute atomic E-state index is 0.129. The van der Waals surface area contributed by atoms with E-state index >= 15 is 0 Å². The summed E-state index contributed by atoms with van der Waals surface area (Å²) in [4.78, 5) is 25.3. The van der Waals surface area contributed by atoms with Gasteiger partial charge < -0.3 is 16.0 Å². The third kappa shape index (κ3) is 3.80. The Hall–Kier alpha value is -2.53. The number of aryl methyl sites for hydroxylation is 1. The van der Waals surface area contributed by atoms with Crippen molar-refractivity contribution < 1.29 is 4.79 Å². The zero-order valence-corrected chi connectivity index (χ0v) is 19.4. The molecule has 0 spiro atoms. The fraction of sp³-hybridized carbons (Fsp3) is 0.364. The zero-order chi connectivity index (χ0) is 21.5. The lowest BCUT2D eigenvalue weighted by molar-refractivity contribution is 0.0927.